The Labute approximate surface area is 78.5 Å². The third-order valence-electron chi connectivity index (χ3n) is 1.86. The molecular weight excluding hydrogens is 175 g/mol. The molecule has 1 spiro atoms. The first-order chi connectivity index (χ1) is 3.37. The Morgan fingerprint density at radius 2 is 2.11 bits per heavy atom. The minimum Gasteiger partial charge on any atom is -1.00 e. The van der Waals surface area contributed by atoms with Crippen LogP contribution in [0.4, 0.5) is 0 Å². The standard InChI is InChI=1S/C6H8O.BrH.Li/c1-7-5-4-6(5)2-3-6;;/h5H,2-3H2,1H3;1H;/q;;+1/p-1. The molecule has 2 saturated carbocycles. The summed E-state index contributed by atoms with van der Waals surface area (Å²) in [7, 11) is 1.75. The van der Waals surface area contributed by atoms with Gasteiger partial charge in [-0.25, -0.2) is 0 Å². The molecule has 3 heteroatoms. The van der Waals surface area contributed by atoms with Crippen LogP contribution in [0.5, 0.6) is 0 Å². The van der Waals surface area contributed by atoms with Gasteiger partial charge in [-0.3, -0.25) is 0 Å². The first kappa shape index (κ1) is 10.0. The molecule has 0 N–H and O–H groups in total. The van der Waals surface area contributed by atoms with Crippen LogP contribution in [-0.4, -0.2) is 13.2 Å². The Bertz CT molecular complexity index is 103. The van der Waals surface area contributed by atoms with E-state index in [0.29, 0.717) is 11.5 Å². The van der Waals surface area contributed by atoms with Crippen molar-refractivity contribution >= 4 is 0 Å². The molecule has 2 aliphatic carbocycles. The first-order valence-electron chi connectivity index (χ1n) is 2.68. The molecule has 0 aliphatic heterocycles. The SMILES string of the molecule is COC1[C]C12CC2.[Br-].[Li+]. The Morgan fingerprint density at radius 1 is 1.56 bits per heavy atom. The molecule has 9 heavy (non-hydrogen) atoms. The van der Waals surface area contributed by atoms with Crippen LogP contribution in [0.3, 0.4) is 0 Å². The second-order valence-corrected chi connectivity index (χ2v) is 2.42. The van der Waals surface area contributed by atoms with Crippen molar-refractivity contribution in [2.24, 2.45) is 5.41 Å². The summed E-state index contributed by atoms with van der Waals surface area (Å²) in [6, 6.07) is 0. The number of hydrogen-bond acceptors (Lipinski definition) is 1. The molecule has 46 valence electrons. The molecule has 2 aliphatic rings. The number of halogens is 1. The maximum absolute atomic E-state index is 5.03. The van der Waals surface area contributed by atoms with E-state index in [1.807, 2.05) is 0 Å². The molecule has 0 saturated heterocycles. The Kier molecular flexibility index (Phi) is 3.30. The summed E-state index contributed by atoms with van der Waals surface area (Å²) in [5, 5.41) is 0. The van der Waals surface area contributed by atoms with Gasteiger partial charge in [0.15, 0.2) is 0 Å². The van der Waals surface area contributed by atoms with Gasteiger partial charge in [-0.15, -0.1) is 0 Å². The van der Waals surface area contributed by atoms with Gasteiger partial charge >= 0.3 is 18.9 Å². The van der Waals surface area contributed by atoms with Crippen LogP contribution >= 0.6 is 0 Å². The zero-order valence-electron chi connectivity index (χ0n) is 5.78. The average Bonchev–Trinajstić information content (AvgIpc) is 2.52. The molecule has 0 aromatic heterocycles. The molecule has 1 nitrogen and oxygen atoms in total. The number of hydrogen-bond donors (Lipinski definition) is 0. The molecule has 1 unspecified atom stereocenters. The van der Waals surface area contributed by atoms with Crippen molar-refractivity contribution in [1.29, 1.82) is 0 Å². The maximum atomic E-state index is 5.03. The fraction of sp³-hybridized carbons (Fsp3) is 0.833. The molecule has 0 amide bonds. The molecule has 1 atom stereocenters. The average molecular weight is 183 g/mol. The first-order valence-corrected chi connectivity index (χ1v) is 2.68. The Morgan fingerprint density at radius 3 is 2.22 bits per heavy atom. The normalized spacial score (nSPS) is 32.3. The molecule has 0 aromatic carbocycles. The fourth-order valence-electron chi connectivity index (χ4n) is 1.05. The van der Waals surface area contributed by atoms with E-state index in [2.05, 4.69) is 6.42 Å². The summed E-state index contributed by atoms with van der Waals surface area (Å²) in [6.07, 6.45) is 6.31. The van der Waals surface area contributed by atoms with Crippen molar-refractivity contribution in [1.82, 2.24) is 0 Å². The predicted octanol–water partition coefficient (Wildman–Crippen LogP) is -5.12. The minimum absolute atomic E-state index is 0. The second-order valence-electron chi connectivity index (χ2n) is 2.42. The quantitative estimate of drug-likeness (QED) is 0.369. The summed E-state index contributed by atoms with van der Waals surface area (Å²) >= 11 is 0. The summed E-state index contributed by atoms with van der Waals surface area (Å²) in [5.74, 6) is 0. The van der Waals surface area contributed by atoms with Crippen molar-refractivity contribution in [2.45, 2.75) is 18.9 Å². The fourth-order valence-corrected chi connectivity index (χ4v) is 1.05. The van der Waals surface area contributed by atoms with Gasteiger partial charge in [-0.2, -0.15) is 0 Å². The predicted molar refractivity (Wildman–Crippen MR) is 25.7 cm³/mol. The van der Waals surface area contributed by atoms with E-state index in [0.717, 1.165) is 0 Å². The van der Waals surface area contributed by atoms with E-state index >= 15 is 0 Å². The minimum atomic E-state index is 0. The van der Waals surface area contributed by atoms with Gasteiger partial charge in [-0.1, -0.05) is 0 Å². The number of ether oxygens (including phenoxy) is 1. The molecule has 0 bridgehead atoms. The Hall–Kier alpha value is 1.04. The van der Waals surface area contributed by atoms with Gasteiger partial charge in [-0.05, 0) is 12.8 Å². The zero-order valence-corrected chi connectivity index (χ0v) is 7.36. The van der Waals surface area contributed by atoms with E-state index < -0.39 is 0 Å². The zero-order chi connectivity index (χ0) is 4.91. The van der Waals surface area contributed by atoms with E-state index in [9.17, 15) is 0 Å². The van der Waals surface area contributed by atoms with Gasteiger partial charge in [0.2, 0.25) is 0 Å². The van der Waals surface area contributed by atoms with Crippen LogP contribution in [0.25, 0.3) is 0 Å². The van der Waals surface area contributed by atoms with Crippen LogP contribution in [-0.2, 0) is 4.74 Å². The van der Waals surface area contributed by atoms with Crippen molar-refractivity contribution in [3.05, 3.63) is 6.42 Å². The van der Waals surface area contributed by atoms with E-state index in [1.54, 1.807) is 7.11 Å². The molecule has 2 radical (unpaired) electrons. The van der Waals surface area contributed by atoms with Crippen LogP contribution in [0.2, 0.25) is 0 Å². The van der Waals surface area contributed by atoms with Gasteiger partial charge in [0.1, 0.15) is 0 Å². The molecule has 2 rings (SSSR count). The van der Waals surface area contributed by atoms with Crippen LogP contribution in [0, 0.1) is 11.8 Å². The largest absolute Gasteiger partial charge is 1.00 e. The van der Waals surface area contributed by atoms with Crippen LogP contribution in [0.15, 0.2) is 0 Å². The van der Waals surface area contributed by atoms with E-state index in [4.69, 9.17) is 4.74 Å². The van der Waals surface area contributed by atoms with Crippen molar-refractivity contribution in [3.63, 3.8) is 0 Å². The topological polar surface area (TPSA) is 9.23 Å². The van der Waals surface area contributed by atoms with Gasteiger partial charge in [0.25, 0.3) is 0 Å². The molecular formula is C6H8BrLiO. The summed E-state index contributed by atoms with van der Waals surface area (Å²) in [6.45, 7) is 0. The van der Waals surface area contributed by atoms with E-state index in [-0.39, 0.29) is 35.8 Å². The molecule has 0 aromatic rings. The maximum Gasteiger partial charge on any atom is 1.00 e. The summed E-state index contributed by atoms with van der Waals surface area (Å²) < 4.78 is 5.03. The summed E-state index contributed by atoms with van der Waals surface area (Å²) in [4.78, 5) is 0. The van der Waals surface area contributed by atoms with Crippen molar-refractivity contribution in [2.75, 3.05) is 7.11 Å². The van der Waals surface area contributed by atoms with Gasteiger partial charge in [0, 0.05) is 18.9 Å². The van der Waals surface area contributed by atoms with Crippen LogP contribution in [0.1, 0.15) is 12.8 Å². The van der Waals surface area contributed by atoms with Crippen molar-refractivity contribution < 1.29 is 40.6 Å². The van der Waals surface area contributed by atoms with Gasteiger partial charge < -0.3 is 21.7 Å². The van der Waals surface area contributed by atoms with Crippen LogP contribution < -0.4 is 35.8 Å². The third kappa shape index (κ3) is 1.54. The Balaban J connectivity index is 0.000000320. The summed E-state index contributed by atoms with van der Waals surface area (Å²) in [5.41, 5.74) is 0.495. The molecule has 0 heterocycles. The smallest absolute Gasteiger partial charge is 1.00 e. The van der Waals surface area contributed by atoms with Gasteiger partial charge in [0.05, 0.1) is 6.10 Å². The third-order valence-corrected chi connectivity index (χ3v) is 1.86. The number of rotatable bonds is 1. The monoisotopic (exact) mass is 182 g/mol. The van der Waals surface area contributed by atoms with Crippen molar-refractivity contribution in [3.8, 4) is 0 Å². The number of methoxy groups -OCH3 is 1. The molecule has 2 fully saturated rings. The second kappa shape index (κ2) is 2.96. The van der Waals surface area contributed by atoms with E-state index in [1.165, 1.54) is 12.8 Å².